The van der Waals surface area contributed by atoms with Crippen molar-refractivity contribution >= 4 is 21.8 Å². The molecule has 4 aromatic rings. The first kappa shape index (κ1) is 20.5. The zero-order chi connectivity index (χ0) is 21.6. The molecule has 0 amide bonds. The zero-order valence-corrected chi connectivity index (χ0v) is 18.8. The van der Waals surface area contributed by atoms with Crippen LogP contribution < -0.4 is 5.56 Å². The monoisotopic (exact) mass is 404 g/mol. The van der Waals surface area contributed by atoms with Crippen molar-refractivity contribution in [3.63, 3.8) is 0 Å². The Kier molecular flexibility index (Phi) is 5.31. The van der Waals surface area contributed by atoms with E-state index in [4.69, 9.17) is 0 Å². The van der Waals surface area contributed by atoms with Crippen molar-refractivity contribution in [2.75, 3.05) is 0 Å². The van der Waals surface area contributed by atoms with Gasteiger partial charge in [-0.05, 0) is 68.9 Å². The SMILES string of the molecule is CC(C)c1cc2c(ccn2C(C)CC(C)c2ccc3c(=O)[nH]n(C(C)C)c3c2)cn1. The van der Waals surface area contributed by atoms with Gasteiger partial charge in [-0.1, -0.05) is 26.8 Å². The molecule has 0 aliphatic heterocycles. The molecule has 1 aromatic carbocycles. The zero-order valence-electron chi connectivity index (χ0n) is 18.8. The minimum absolute atomic E-state index is 0.0142. The normalized spacial score (nSPS) is 14.3. The van der Waals surface area contributed by atoms with Crippen molar-refractivity contribution in [3.05, 3.63) is 64.3 Å². The van der Waals surface area contributed by atoms with Gasteiger partial charge in [0.05, 0.1) is 16.4 Å². The third-order valence-corrected chi connectivity index (χ3v) is 6.22. The lowest BCUT2D eigenvalue weighted by atomic mass is 9.93. The second-order valence-corrected chi connectivity index (χ2v) is 9.21. The summed E-state index contributed by atoms with van der Waals surface area (Å²) >= 11 is 0. The van der Waals surface area contributed by atoms with Gasteiger partial charge >= 0.3 is 0 Å². The maximum Gasteiger partial charge on any atom is 0.271 e. The Bertz CT molecular complexity index is 1240. The topological polar surface area (TPSA) is 55.6 Å². The highest BCUT2D eigenvalue weighted by Gasteiger charge is 2.17. The van der Waals surface area contributed by atoms with Crippen molar-refractivity contribution in [2.45, 2.75) is 71.9 Å². The highest BCUT2D eigenvalue weighted by molar-refractivity contribution is 5.80. The van der Waals surface area contributed by atoms with E-state index in [1.807, 2.05) is 16.9 Å². The summed E-state index contributed by atoms with van der Waals surface area (Å²) in [5.41, 5.74) is 4.63. The lowest BCUT2D eigenvalue weighted by Gasteiger charge is -2.21. The van der Waals surface area contributed by atoms with Crippen molar-refractivity contribution in [1.29, 1.82) is 0 Å². The number of nitrogens with one attached hydrogen (secondary N) is 1. The molecular weight excluding hydrogens is 372 g/mol. The fourth-order valence-corrected chi connectivity index (χ4v) is 4.41. The Morgan fingerprint density at radius 2 is 1.77 bits per heavy atom. The van der Waals surface area contributed by atoms with Crippen molar-refractivity contribution in [2.24, 2.45) is 0 Å². The maximum atomic E-state index is 12.2. The van der Waals surface area contributed by atoms with E-state index in [1.54, 1.807) is 0 Å². The smallest absolute Gasteiger partial charge is 0.271 e. The van der Waals surface area contributed by atoms with Gasteiger partial charge in [-0.3, -0.25) is 19.6 Å². The van der Waals surface area contributed by atoms with Crippen LogP contribution in [0.2, 0.25) is 0 Å². The first-order valence-corrected chi connectivity index (χ1v) is 11.0. The molecule has 5 heteroatoms. The van der Waals surface area contributed by atoms with Crippen molar-refractivity contribution in [3.8, 4) is 0 Å². The molecule has 158 valence electrons. The van der Waals surface area contributed by atoms with Gasteiger partial charge in [-0.25, -0.2) is 0 Å². The van der Waals surface area contributed by atoms with Crippen LogP contribution in [0.25, 0.3) is 21.8 Å². The number of hydrogen-bond donors (Lipinski definition) is 1. The second kappa shape index (κ2) is 7.78. The maximum absolute atomic E-state index is 12.2. The number of fused-ring (bicyclic) bond motifs is 2. The standard InChI is InChI=1S/C25H32N4O/c1-15(2)22-13-23-20(14-26-22)9-10-28(23)18(6)11-17(5)19-7-8-21-24(12-19)29(16(3)4)27-25(21)30/h7-10,12-18H,11H2,1-6H3,(H,27,30). The predicted octanol–water partition coefficient (Wildman–Crippen LogP) is 6.14. The van der Waals surface area contributed by atoms with Crippen LogP contribution in [0, 0.1) is 0 Å². The summed E-state index contributed by atoms with van der Waals surface area (Å²) in [5.74, 6) is 0.789. The van der Waals surface area contributed by atoms with Gasteiger partial charge in [0.2, 0.25) is 0 Å². The van der Waals surface area contributed by atoms with Crippen LogP contribution in [0.3, 0.4) is 0 Å². The Balaban J connectivity index is 1.63. The molecule has 0 aliphatic rings. The molecule has 5 nitrogen and oxygen atoms in total. The van der Waals surface area contributed by atoms with E-state index < -0.39 is 0 Å². The van der Waals surface area contributed by atoms with Gasteiger partial charge in [0.25, 0.3) is 5.56 Å². The molecule has 0 bridgehead atoms. The van der Waals surface area contributed by atoms with Gasteiger partial charge in [0, 0.05) is 35.6 Å². The largest absolute Gasteiger partial charge is 0.345 e. The summed E-state index contributed by atoms with van der Waals surface area (Å²) in [4.78, 5) is 16.8. The summed E-state index contributed by atoms with van der Waals surface area (Å²) in [6, 6.07) is 11.2. The lowest BCUT2D eigenvalue weighted by molar-refractivity contribution is 0.478. The molecule has 3 heterocycles. The number of rotatable bonds is 6. The fourth-order valence-electron chi connectivity index (χ4n) is 4.41. The average molecular weight is 405 g/mol. The van der Waals surface area contributed by atoms with E-state index in [-0.39, 0.29) is 11.6 Å². The van der Waals surface area contributed by atoms with Crippen LogP contribution in [-0.4, -0.2) is 19.3 Å². The number of H-pyrrole nitrogens is 1. The molecule has 1 N–H and O–H groups in total. The molecule has 2 atom stereocenters. The number of pyridine rings is 1. The number of benzene rings is 1. The highest BCUT2D eigenvalue weighted by atomic mass is 16.1. The van der Waals surface area contributed by atoms with Crippen LogP contribution >= 0.6 is 0 Å². The summed E-state index contributed by atoms with van der Waals surface area (Å²) in [7, 11) is 0. The van der Waals surface area contributed by atoms with E-state index in [9.17, 15) is 4.79 Å². The fraction of sp³-hybridized carbons (Fsp3) is 0.440. The average Bonchev–Trinajstić information content (AvgIpc) is 3.28. The Morgan fingerprint density at radius 1 is 1.00 bits per heavy atom. The van der Waals surface area contributed by atoms with Crippen LogP contribution in [-0.2, 0) is 0 Å². The van der Waals surface area contributed by atoms with Gasteiger partial charge < -0.3 is 4.57 Å². The molecule has 0 saturated heterocycles. The minimum atomic E-state index is -0.0142. The molecular formula is C25H32N4O. The number of hydrogen-bond acceptors (Lipinski definition) is 2. The van der Waals surface area contributed by atoms with E-state index in [0.29, 0.717) is 17.9 Å². The number of aromatic amines is 1. The Morgan fingerprint density at radius 3 is 2.47 bits per heavy atom. The first-order valence-electron chi connectivity index (χ1n) is 11.0. The molecule has 0 aliphatic carbocycles. The highest BCUT2D eigenvalue weighted by Crippen LogP contribution is 2.31. The molecule has 0 saturated carbocycles. The summed E-state index contributed by atoms with van der Waals surface area (Å²) in [5, 5.41) is 4.92. The molecule has 0 fully saturated rings. The van der Waals surface area contributed by atoms with Gasteiger partial charge in [0.1, 0.15) is 0 Å². The molecule has 30 heavy (non-hydrogen) atoms. The Labute approximate surface area is 177 Å². The molecule has 3 aromatic heterocycles. The number of aromatic nitrogens is 4. The Hall–Kier alpha value is -2.82. The van der Waals surface area contributed by atoms with E-state index in [0.717, 1.165) is 23.0 Å². The van der Waals surface area contributed by atoms with Crippen LogP contribution in [0.4, 0.5) is 0 Å². The molecule has 0 radical (unpaired) electrons. The van der Waals surface area contributed by atoms with Gasteiger partial charge in [-0.15, -0.1) is 0 Å². The summed E-state index contributed by atoms with van der Waals surface area (Å²) in [6.07, 6.45) is 5.19. The predicted molar refractivity (Wildman–Crippen MR) is 125 cm³/mol. The lowest BCUT2D eigenvalue weighted by Crippen LogP contribution is -2.09. The third-order valence-electron chi connectivity index (χ3n) is 6.22. The minimum Gasteiger partial charge on any atom is -0.345 e. The van der Waals surface area contributed by atoms with Crippen LogP contribution in [0.1, 0.15) is 83.1 Å². The van der Waals surface area contributed by atoms with Crippen molar-refractivity contribution < 1.29 is 0 Å². The van der Waals surface area contributed by atoms with Crippen LogP contribution in [0.15, 0.2) is 47.5 Å². The van der Waals surface area contributed by atoms with E-state index in [2.05, 4.69) is 86.7 Å². The quantitative estimate of drug-likeness (QED) is 0.420. The summed E-state index contributed by atoms with van der Waals surface area (Å²) in [6.45, 7) is 13.1. The third kappa shape index (κ3) is 3.57. The van der Waals surface area contributed by atoms with E-state index >= 15 is 0 Å². The first-order chi connectivity index (χ1) is 14.3. The second-order valence-electron chi connectivity index (χ2n) is 9.21. The van der Waals surface area contributed by atoms with Gasteiger partial charge in [0.15, 0.2) is 0 Å². The molecule has 4 rings (SSSR count). The molecule has 2 unspecified atom stereocenters. The van der Waals surface area contributed by atoms with E-state index in [1.165, 1.54) is 16.5 Å². The summed E-state index contributed by atoms with van der Waals surface area (Å²) < 4.78 is 4.34. The van der Waals surface area contributed by atoms with Gasteiger partial charge in [-0.2, -0.15) is 0 Å². The van der Waals surface area contributed by atoms with Crippen molar-refractivity contribution in [1.82, 2.24) is 19.3 Å². The van der Waals surface area contributed by atoms with Crippen LogP contribution in [0.5, 0.6) is 0 Å². The number of nitrogens with zero attached hydrogens (tertiary/aromatic N) is 3. The molecule has 0 spiro atoms.